The molecule has 0 saturated carbocycles. The molecule has 0 saturated heterocycles. The lowest BCUT2D eigenvalue weighted by molar-refractivity contribution is 0.399. The summed E-state index contributed by atoms with van der Waals surface area (Å²) in [6.45, 7) is 4.68. The van der Waals surface area contributed by atoms with Crippen molar-refractivity contribution in [2.45, 2.75) is 32.9 Å². The molecule has 6 nitrogen and oxygen atoms in total. The maximum absolute atomic E-state index is 14.0. The molecule has 3 aromatic rings. The van der Waals surface area contributed by atoms with Crippen LogP contribution in [0.15, 0.2) is 35.4 Å². The highest BCUT2D eigenvalue weighted by Gasteiger charge is 2.18. The summed E-state index contributed by atoms with van der Waals surface area (Å²) >= 11 is 0. The van der Waals surface area contributed by atoms with Gasteiger partial charge in [-0.15, -0.1) is 0 Å². The van der Waals surface area contributed by atoms with Crippen LogP contribution in [0.3, 0.4) is 0 Å². The molecule has 0 unspecified atom stereocenters. The fourth-order valence-corrected chi connectivity index (χ4v) is 2.99. The number of H-pyrrole nitrogens is 1. The summed E-state index contributed by atoms with van der Waals surface area (Å²) in [5.74, 6) is 0.869. The van der Waals surface area contributed by atoms with Crippen LogP contribution in [0, 0.1) is 11.7 Å². The van der Waals surface area contributed by atoms with Crippen LogP contribution >= 0.6 is 0 Å². The van der Waals surface area contributed by atoms with Crippen LogP contribution in [-0.4, -0.2) is 19.7 Å². The number of nitrogens with one attached hydrogen (secondary N) is 2. The summed E-state index contributed by atoms with van der Waals surface area (Å²) in [5.41, 5.74) is 0.688. The van der Waals surface area contributed by atoms with Gasteiger partial charge < -0.3 is 10.3 Å². The number of nitrogens with zero attached hydrogens (tertiary/aromatic N) is 3. The summed E-state index contributed by atoms with van der Waals surface area (Å²) in [5, 5.41) is 7.89. The first-order chi connectivity index (χ1) is 12.0. The van der Waals surface area contributed by atoms with Gasteiger partial charge in [0.05, 0.1) is 11.6 Å². The second-order valence-corrected chi connectivity index (χ2v) is 6.63. The number of fused-ring (bicyclic) bond motifs is 1. The zero-order valence-electron chi connectivity index (χ0n) is 14.6. The Hall–Kier alpha value is -2.54. The van der Waals surface area contributed by atoms with Crippen LogP contribution in [0.4, 0.5) is 4.39 Å². The van der Waals surface area contributed by atoms with Crippen LogP contribution in [0.1, 0.15) is 37.8 Å². The van der Waals surface area contributed by atoms with Crippen molar-refractivity contribution in [3.8, 4) is 0 Å². The van der Waals surface area contributed by atoms with Crippen LogP contribution in [-0.2, 0) is 13.6 Å². The van der Waals surface area contributed by atoms with Crippen molar-refractivity contribution in [3.63, 3.8) is 0 Å². The third-order valence-electron chi connectivity index (χ3n) is 4.17. The summed E-state index contributed by atoms with van der Waals surface area (Å²) in [4.78, 5) is 19.6. The first-order valence-corrected chi connectivity index (χ1v) is 8.33. The fraction of sp³-hybridized carbons (Fsp3) is 0.389. The van der Waals surface area contributed by atoms with Gasteiger partial charge in [-0.05, 0) is 24.5 Å². The van der Waals surface area contributed by atoms with Gasteiger partial charge in [-0.3, -0.25) is 9.48 Å². The van der Waals surface area contributed by atoms with Gasteiger partial charge in [0.2, 0.25) is 0 Å². The summed E-state index contributed by atoms with van der Waals surface area (Å²) in [6, 6.07) is 6.01. The molecule has 0 radical (unpaired) electrons. The largest absolute Gasteiger partial charge is 0.355 e. The monoisotopic (exact) mass is 343 g/mol. The maximum atomic E-state index is 14.0. The Morgan fingerprint density at radius 1 is 1.36 bits per heavy atom. The quantitative estimate of drug-likeness (QED) is 0.721. The molecule has 7 heteroatoms. The van der Waals surface area contributed by atoms with E-state index in [2.05, 4.69) is 34.2 Å². The molecule has 0 spiro atoms. The molecule has 1 atom stereocenters. The highest BCUT2D eigenvalue weighted by atomic mass is 19.1. The molecule has 1 aromatic carbocycles. The molecule has 2 N–H and O–H groups in total. The SMILES string of the molecule is CC(C)C[C@@H](NCc1cc(=O)c2cccc(F)c2[nH]1)c1ncnn1C. The van der Waals surface area contributed by atoms with Crippen molar-refractivity contribution in [3.05, 3.63) is 58.2 Å². The van der Waals surface area contributed by atoms with Gasteiger partial charge in [0.15, 0.2) is 5.43 Å². The minimum Gasteiger partial charge on any atom is -0.355 e. The molecule has 25 heavy (non-hydrogen) atoms. The molecular weight excluding hydrogens is 321 g/mol. The Labute approximate surface area is 145 Å². The highest BCUT2D eigenvalue weighted by Crippen LogP contribution is 2.19. The van der Waals surface area contributed by atoms with Crippen LogP contribution in [0.5, 0.6) is 0 Å². The minimum absolute atomic E-state index is 0.00711. The Bertz CT molecular complexity index is 931. The Kier molecular flexibility index (Phi) is 4.94. The summed E-state index contributed by atoms with van der Waals surface area (Å²) < 4.78 is 15.7. The predicted octanol–water partition coefficient (Wildman–Crippen LogP) is 2.67. The number of halogens is 1. The maximum Gasteiger partial charge on any atom is 0.189 e. The van der Waals surface area contributed by atoms with E-state index in [1.54, 1.807) is 10.7 Å². The van der Waals surface area contributed by atoms with Gasteiger partial charge in [-0.2, -0.15) is 5.10 Å². The van der Waals surface area contributed by atoms with Crippen molar-refractivity contribution in [2.75, 3.05) is 0 Å². The smallest absolute Gasteiger partial charge is 0.189 e. The number of hydrogen-bond donors (Lipinski definition) is 2. The topological polar surface area (TPSA) is 75.6 Å². The van der Waals surface area contributed by atoms with E-state index < -0.39 is 5.82 Å². The van der Waals surface area contributed by atoms with Crippen molar-refractivity contribution >= 4 is 10.9 Å². The molecule has 132 valence electrons. The van der Waals surface area contributed by atoms with Gasteiger partial charge in [0.1, 0.15) is 18.0 Å². The van der Waals surface area contributed by atoms with E-state index in [-0.39, 0.29) is 17.0 Å². The molecule has 0 fully saturated rings. The zero-order valence-corrected chi connectivity index (χ0v) is 14.6. The predicted molar refractivity (Wildman–Crippen MR) is 94.6 cm³/mol. The first kappa shape index (κ1) is 17.3. The van der Waals surface area contributed by atoms with Gasteiger partial charge in [-0.25, -0.2) is 9.37 Å². The number of aromatic amines is 1. The average Bonchev–Trinajstić information content (AvgIpc) is 2.98. The molecule has 0 aliphatic carbocycles. The van der Waals surface area contributed by atoms with E-state index in [4.69, 9.17) is 0 Å². The highest BCUT2D eigenvalue weighted by molar-refractivity contribution is 5.78. The van der Waals surface area contributed by atoms with Crippen LogP contribution in [0.2, 0.25) is 0 Å². The number of pyridine rings is 1. The van der Waals surface area contributed by atoms with Crippen LogP contribution in [0.25, 0.3) is 10.9 Å². The van der Waals surface area contributed by atoms with Crippen molar-refractivity contribution in [1.82, 2.24) is 25.1 Å². The van der Waals surface area contributed by atoms with Crippen molar-refractivity contribution in [2.24, 2.45) is 13.0 Å². The second kappa shape index (κ2) is 7.14. The van der Waals surface area contributed by atoms with E-state index in [1.165, 1.54) is 24.5 Å². The molecule has 2 heterocycles. The van der Waals surface area contributed by atoms with E-state index >= 15 is 0 Å². The molecule has 2 aromatic heterocycles. The summed E-state index contributed by atoms with van der Waals surface area (Å²) in [7, 11) is 1.85. The lowest BCUT2D eigenvalue weighted by atomic mass is 10.0. The number of benzene rings is 1. The third kappa shape index (κ3) is 3.76. The molecule has 0 amide bonds. The standard InChI is InChI=1S/C18H22FN5O/c1-11(2)7-15(18-21-10-22-24(18)3)20-9-12-8-16(25)13-5-4-6-14(19)17(13)23-12/h4-6,8,10-11,15,20H,7,9H2,1-3H3,(H,23,25)/t15-/m1/s1. The molecular formula is C18H22FN5O. The lowest BCUT2D eigenvalue weighted by Gasteiger charge is -2.20. The van der Waals surface area contributed by atoms with Gasteiger partial charge in [-0.1, -0.05) is 19.9 Å². The van der Waals surface area contributed by atoms with Gasteiger partial charge in [0.25, 0.3) is 0 Å². The Balaban J connectivity index is 1.86. The first-order valence-electron chi connectivity index (χ1n) is 8.33. The number of para-hydroxylation sites is 1. The number of hydrogen-bond acceptors (Lipinski definition) is 4. The van der Waals surface area contributed by atoms with Gasteiger partial charge >= 0.3 is 0 Å². The number of rotatable bonds is 6. The molecule has 0 bridgehead atoms. The number of aryl methyl sites for hydroxylation is 1. The van der Waals surface area contributed by atoms with E-state index in [0.29, 0.717) is 23.5 Å². The summed E-state index contributed by atoms with van der Waals surface area (Å²) in [6.07, 6.45) is 2.40. The normalized spacial score (nSPS) is 12.8. The molecule has 0 aliphatic rings. The average molecular weight is 343 g/mol. The zero-order chi connectivity index (χ0) is 18.0. The lowest BCUT2D eigenvalue weighted by Crippen LogP contribution is -2.26. The van der Waals surface area contributed by atoms with E-state index in [0.717, 1.165) is 12.2 Å². The second-order valence-electron chi connectivity index (χ2n) is 6.63. The molecule has 3 rings (SSSR count). The van der Waals surface area contributed by atoms with Crippen molar-refractivity contribution in [1.29, 1.82) is 0 Å². The third-order valence-corrected chi connectivity index (χ3v) is 4.17. The fourth-order valence-electron chi connectivity index (χ4n) is 2.99. The van der Waals surface area contributed by atoms with Crippen molar-refractivity contribution < 1.29 is 4.39 Å². The van der Waals surface area contributed by atoms with E-state index in [9.17, 15) is 9.18 Å². The number of aromatic nitrogens is 4. The van der Waals surface area contributed by atoms with Gasteiger partial charge in [0, 0.05) is 30.7 Å². The Morgan fingerprint density at radius 3 is 2.84 bits per heavy atom. The Morgan fingerprint density at radius 2 is 2.16 bits per heavy atom. The van der Waals surface area contributed by atoms with E-state index in [1.807, 2.05) is 7.05 Å². The minimum atomic E-state index is -0.427. The molecule has 0 aliphatic heterocycles. The van der Waals surface area contributed by atoms with Crippen LogP contribution < -0.4 is 10.7 Å².